The minimum absolute atomic E-state index is 0.0403. The molecule has 0 N–H and O–H groups in total. The molecule has 1 aliphatic rings. The van der Waals surface area contributed by atoms with Crippen molar-refractivity contribution in [3.05, 3.63) is 48.5 Å². The second-order valence-electron chi connectivity index (χ2n) is 5.77. The number of aromatic nitrogens is 2. The minimum Gasteiger partial charge on any atom is -0.494 e. The molecule has 3 aromatic rings. The number of ether oxygens (including phenoxy) is 1. The fourth-order valence-electron chi connectivity index (χ4n) is 2.92. The Morgan fingerprint density at radius 3 is 2.84 bits per heavy atom. The van der Waals surface area contributed by atoms with E-state index in [1.807, 2.05) is 31.2 Å². The van der Waals surface area contributed by atoms with Crippen LogP contribution in [0.2, 0.25) is 0 Å². The quantitative estimate of drug-likeness (QED) is 0.710. The van der Waals surface area contributed by atoms with Crippen LogP contribution in [0.1, 0.15) is 25.1 Å². The fraction of sp³-hybridized carbons (Fsp3) is 0.278. The van der Waals surface area contributed by atoms with E-state index in [-0.39, 0.29) is 11.8 Å². The number of benzene rings is 1. The predicted octanol–water partition coefficient (Wildman–Crippen LogP) is 3.25. The fourth-order valence-corrected chi connectivity index (χ4v) is 2.92. The van der Waals surface area contributed by atoms with Gasteiger partial charge >= 0.3 is 0 Å². The molecule has 2 aromatic heterocycles. The van der Waals surface area contributed by atoms with Gasteiger partial charge in [0.15, 0.2) is 11.6 Å². The molecule has 3 heterocycles. The average molecular weight is 339 g/mol. The Bertz CT molecular complexity index is 855. The summed E-state index contributed by atoms with van der Waals surface area (Å²) in [5, 5.41) is 4.01. The normalized spacial score (nSPS) is 17.2. The third-order valence-electron chi connectivity index (χ3n) is 4.12. The molecule has 0 aliphatic carbocycles. The SMILES string of the molecule is CCOc1ccc(N2CC(c3noc(-c4ccco4)n3)CC2=O)cc1. The van der Waals surface area contributed by atoms with Crippen molar-refractivity contribution < 1.29 is 18.5 Å². The van der Waals surface area contributed by atoms with Crippen LogP contribution < -0.4 is 9.64 Å². The number of hydrogen-bond donors (Lipinski definition) is 0. The van der Waals surface area contributed by atoms with Crippen LogP contribution in [0.25, 0.3) is 11.7 Å². The van der Waals surface area contributed by atoms with E-state index in [0.29, 0.717) is 37.0 Å². The summed E-state index contributed by atoms with van der Waals surface area (Å²) in [6.45, 7) is 3.06. The molecule has 0 bridgehead atoms. The molecule has 1 amide bonds. The summed E-state index contributed by atoms with van der Waals surface area (Å²) in [7, 11) is 0. The van der Waals surface area contributed by atoms with Crippen LogP contribution in [0.5, 0.6) is 5.75 Å². The van der Waals surface area contributed by atoms with Crippen LogP contribution >= 0.6 is 0 Å². The van der Waals surface area contributed by atoms with Crippen molar-refractivity contribution in [2.75, 3.05) is 18.1 Å². The van der Waals surface area contributed by atoms with E-state index in [4.69, 9.17) is 13.7 Å². The van der Waals surface area contributed by atoms with Crippen LogP contribution in [-0.2, 0) is 4.79 Å². The zero-order chi connectivity index (χ0) is 17.2. The average Bonchev–Trinajstić information content (AvgIpc) is 3.36. The van der Waals surface area contributed by atoms with Crippen LogP contribution in [0.4, 0.5) is 5.69 Å². The number of carbonyl (C=O) groups excluding carboxylic acids is 1. The molecular formula is C18H17N3O4. The van der Waals surface area contributed by atoms with Crippen LogP contribution in [0, 0.1) is 0 Å². The lowest BCUT2D eigenvalue weighted by molar-refractivity contribution is -0.117. The van der Waals surface area contributed by atoms with Crippen LogP contribution in [0.3, 0.4) is 0 Å². The first-order chi connectivity index (χ1) is 12.2. The highest BCUT2D eigenvalue weighted by Crippen LogP contribution is 2.32. The Morgan fingerprint density at radius 2 is 2.12 bits per heavy atom. The third kappa shape index (κ3) is 3.00. The Kier molecular flexibility index (Phi) is 3.97. The molecule has 1 saturated heterocycles. The van der Waals surface area contributed by atoms with Crippen LogP contribution in [-0.4, -0.2) is 29.2 Å². The van der Waals surface area contributed by atoms with Crippen LogP contribution in [0.15, 0.2) is 51.6 Å². The van der Waals surface area contributed by atoms with E-state index < -0.39 is 0 Å². The predicted molar refractivity (Wildman–Crippen MR) is 89.3 cm³/mol. The van der Waals surface area contributed by atoms with Crippen molar-refractivity contribution in [2.45, 2.75) is 19.3 Å². The number of nitrogens with zero attached hydrogens (tertiary/aromatic N) is 3. The second kappa shape index (κ2) is 6.43. The van der Waals surface area contributed by atoms with Crippen molar-refractivity contribution in [2.24, 2.45) is 0 Å². The van der Waals surface area contributed by atoms with Crippen molar-refractivity contribution >= 4 is 11.6 Å². The summed E-state index contributed by atoms with van der Waals surface area (Å²) in [6, 6.07) is 11.0. The summed E-state index contributed by atoms with van der Waals surface area (Å²) >= 11 is 0. The van der Waals surface area contributed by atoms with Gasteiger partial charge in [0.1, 0.15) is 5.75 Å². The maximum Gasteiger partial charge on any atom is 0.293 e. The molecule has 1 atom stereocenters. The van der Waals surface area contributed by atoms with Gasteiger partial charge in [-0.25, -0.2) is 0 Å². The lowest BCUT2D eigenvalue weighted by Crippen LogP contribution is -2.24. The second-order valence-corrected chi connectivity index (χ2v) is 5.77. The summed E-state index contributed by atoms with van der Waals surface area (Å²) in [5.74, 6) is 2.09. The number of carbonyl (C=O) groups is 1. The van der Waals surface area contributed by atoms with E-state index >= 15 is 0 Å². The number of hydrogen-bond acceptors (Lipinski definition) is 6. The highest BCUT2D eigenvalue weighted by molar-refractivity contribution is 5.96. The molecule has 25 heavy (non-hydrogen) atoms. The first-order valence-corrected chi connectivity index (χ1v) is 8.15. The van der Waals surface area contributed by atoms with Gasteiger partial charge in [0.2, 0.25) is 5.91 Å². The summed E-state index contributed by atoms with van der Waals surface area (Å²) in [5.41, 5.74) is 0.839. The summed E-state index contributed by atoms with van der Waals surface area (Å²) in [4.78, 5) is 18.5. The van der Waals surface area contributed by atoms with E-state index in [1.54, 1.807) is 23.3 Å². The van der Waals surface area contributed by atoms with Gasteiger partial charge in [-0.15, -0.1) is 0 Å². The molecule has 128 valence electrons. The van der Waals surface area contributed by atoms with Gasteiger partial charge in [0.05, 0.1) is 12.9 Å². The monoisotopic (exact) mass is 339 g/mol. The highest BCUT2D eigenvalue weighted by atomic mass is 16.5. The lowest BCUT2D eigenvalue weighted by Gasteiger charge is -2.16. The van der Waals surface area contributed by atoms with E-state index in [9.17, 15) is 4.79 Å². The van der Waals surface area contributed by atoms with Gasteiger partial charge in [0, 0.05) is 24.6 Å². The standard InChI is InChI=1S/C18H17N3O4/c1-2-23-14-7-5-13(6-8-14)21-11-12(10-16(21)22)17-19-18(25-20-17)15-4-3-9-24-15/h3-9,12H,2,10-11H2,1H3. The molecule has 7 nitrogen and oxygen atoms in total. The molecule has 0 radical (unpaired) electrons. The van der Waals surface area contributed by atoms with E-state index in [1.165, 1.54) is 0 Å². The Morgan fingerprint density at radius 1 is 1.28 bits per heavy atom. The Balaban J connectivity index is 1.50. The van der Waals surface area contributed by atoms with Crippen molar-refractivity contribution in [1.29, 1.82) is 0 Å². The van der Waals surface area contributed by atoms with Gasteiger partial charge in [0.25, 0.3) is 5.89 Å². The van der Waals surface area contributed by atoms with Gasteiger partial charge in [-0.1, -0.05) is 5.16 Å². The van der Waals surface area contributed by atoms with E-state index in [2.05, 4.69) is 10.1 Å². The highest BCUT2D eigenvalue weighted by Gasteiger charge is 2.34. The minimum atomic E-state index is -0.105. The van der Waals surface area contributed by atoms with Crippen molar-refractivity contribution in [3.8, 4) is 17.4 Å². The molecule has 7 heteroatoms. The number of rotatable bonds is 5. The Hall–Kier alpha value is -3.09. The molecule has 1 aliphatic heterocycles. The van der Waals surface area contributed by atoms with E-state index in [0.717, 1.165) is 11.4 Å². The third-order valence-corrected chi connectivity index (χ3v) is 4.12. The smallest absolute Gasteiger partial charge is 0.293 e. The van der Waals surface area contributed by atoms with Crippen molar-refractivity contribution in [3.63, 3.8) is 0 Å². The molecule has 1 aromatic carbocycles. The number of anilines is 1. The molecule has 1 unspecified atom stereocenters. The maximum absolute atomic E-state index is 12.4. The number of furan rings is 1. The van der Waals surface area contributed by atoms with Gasteiger partial charge < -0.3 is 18.6 Å². The zero-order valence-corrected chi connectivity index (χ0v) is 13.7. The summed E-state index contributed by atoms with van der Waals surface area (Å²) < 4.78 is 15.9. The first-order valence-electron chi connectivity index (χ1n) is 8.15. The molecular weight excluding hydrogens is 322 g/mol. The Labute approximate surface area is 144 Å². The van der Waals surface area contributed by atoms with Gasteiger partial charge in [-0.3, -0.25) is 4.79 Å². The molecule has 1 fully saturated rings. The first kappa shape index (κ1) is 15.4. The molecule has 0 saturated carbocycles. The number of amides is 1. The molecule has 4 rings (SSSR count). The summed E-state index contributed by atoms with van der Waals surface area (Å²) in [6.07, 6.45) is 1.90. The topological polar surface area (TPSA) is 81.6 Å². The largest absolute Gasteiger partial charge is 0.494 e. The maximum atomic E-state index is 12.4. The zero-order valence-electron chi connectivity index (χ0n) is 13.7. The molecule has 0 spiro atoms. The van der Waals surface area contributed by atoms with Crippen molar-refractivity contribution in [1.82, 2.24) is 10.1 Å². The lowest BCUT2D eigenvalue weighted by atomic mass is 10.1. The van der Waals surface area contributed by atoms with Gasteiger partial charge in [-0.05, 0) is 43.3 Å². The van der Waals surface area contributed by atoms with Gasteiger partial charge in [-0.2, -0.15) is 4.98 Å².